The highest BCUT2D eigenvalue weighted by Crippen LogP contribution is 2.34. The predicted octanol–water partition coefficient (Wildman–Crippen LogP) is 2.56. The maximum absolute atomic E-state index is 13.6. The second kappa shape index (κ2) is 6.95. The van der Waals surface area contributed by atoms with Gasteiger partial charge in [-0.3, -0.25) is 14.4 Å². The van der Waals surface area contributed by atoms with Gasteiger partial charge in [-0.25, -0.2) is 4.39 Å². The highest BCUT2D eigenvalue weighted by atomic mass is 19.1. The molecule has 0 spiro atoms. The fourth-order valence-corrected chi connectivity index (χ4v) is 3.04. The number of carbonyl (C=O) groups is 3. The van der Waals surface area contributed by atoms with E-state index in [2.05, 4.69) is 16.0 Å². The van der Waals surface area contributed by atoms with E-state index in [0.29, 0.717) is 28.1 Å². The molecule has 3 rings (SSSR count). The number of fused-ring (bicyclic) bond motifs is 1. The van der Waals surface area contributed by atoms with Crippen LogP contribution in [0.3, 0.4) is 0 Å². The molecule has 0 saturated heterocycles. The third kappa shape index (κ3) is 3.28. The number of amides is 3. The van der Waals surface area contributed by atoms with Gasteiger partial charge in [0.2, 0.25) is 11.8 Å². The minimum Gasteiger partial charge on any atom is -0.355 e. The van der Waals surface area contributed by atoms with E-state index < -0.39 is 17.6 Å². The van der Waals surface area contributed by atoms with Crippen LogP contribution >= 0.6 is 0 Å². The molecular formula is C19H18FN3O3. The molecule has 0 saturated carbocycles. The van der Waals surface area contributed by atoms with Crippen LogP contribution in [0.15, 0.2) is 36.4 Å². The summed E-state index contributed by atoms with van der Waals surface area (Å²) >= 11 is 0. The minimum absolute atomic E-state index is 0.0729. The number of anilines is 2. The number of nitrogens with one attached hydrogen (secondary N) is 3. The molecule has 1 aliphatic rings. The van der Waals surface area contributed by atoms with Crippen molar-refractivity contribution in [2.24, 2.45) is 0 Å². The third-order valence-corrected chi connectivity index (χ3v) is 4.43. The summed E-state index contributed by atoms with van der Waals surface area (Å²) in [5.74, 6) is -2.28. The molecule has 7 heteroatoms. The first-order valence-electron chi connectivity index (χ1n) is 8.12. The first-order chi connectivity index (χ1) is 12.4. The number of hydrogen-bond acceptors (Lipinski definition) is 3. The van der Waals surface area contributed by atoms with Crippen molar-refractivity contribution in [3.8, 4) is 0 Å². The quantitative estimate of drug-likeness (QED) is 0.791. The van der Waals surface area contributed by atoms with Crippen LogP contribution in [0, 0.1) is 12.7 Å². The average Bonchev–Trinajstić information content (AvgIpc) is 2.62. The van der Waals surface area contributed by atoms with Crippen LogP contribution in [0.5, 0.6) is 0 Å². The van der Waals surface area contributed by atoms with E-state index in [1.54, 1.807) is 25.1 Å². The molecule has 6 nitrogen and oxygen atoms in total. The smallest absolute Gasteiger partial charge is 0.251 e. The Balaban J connectivity index is 1.91. The highest BCUT2D eigenvalue weighted by Gasteiger charge is 2.31. The third-order valence-electron chi connectivity index (χ3n) is 4.43. The lowest BCUT2D eigenvalue weighted by molar-refractivity contribution is -0.123. The van der Waals surface area contributed by atoms with E-state index in [1.165, 1.54) is 25.2 Å². The van der Waals surface area contributed by atoms with E-state index in [0.717, 1.165) is 0 Å². The van der Waals surface area contributed by atoms with Crippen LogP contribution in [0.2, 0.25) is 0 Å². The average molecular weight is 355 g/mol. The Morgan fingerprint density at radius 3 is 2.73 bits per heavy atom. The maximum Gasteiger partial charge on any atom is 0.251 e. The highest BCUT2D eigenvalue weighted by molar-refractivity contribution is 6.06. The van der Waals surface area contributed by atoms with Gasteiger partial charge >= 0.3 is 0 Å². The van der Waals surface area contributed by atoms with Gasteiger partial charge in [-0.15, -0.1) is 0 Å². The number of hydrogen-bond donors (Lipinski definition) is 3. The maximum atomic E-state index is 13.6. The molecule has 1 atom stereocenters. The number of rotatable bonds is 3. The van der Waals surface area contributed by atoms with Crippen LogP contribution in [0.1, 0.15) is 33.8 Å². The molecule has 1 aliphatic heterocycles. The zero-order chi connectivity index (χ0) is 18.8. The van der Waals surface area contributed by atoms with E-state index >= 15 is 0 Å². The van der Waals surface area contributed by atoms with Gasteiger partial charge in [0.05, 0.1) is 5.92 Å². The fourth-order valence-electron chi connectivity index (χ4n) is 3.04. The minimum atomic E-state index is -0.808. The normalized spacial score (nSPS) is 15.7. The zero-order valence-electron chi connectivity index (χ0n) is 14.4. The number of halogens is 1. The fraction of sp³-hybridized carbons (Fsp3) is 0.211. The van der Waals surface area contributed by atoms with Gasteiger partial charge in [-0.05, 0) is 48.4 Å². The summed E-state index contributed by atoms with van der Waals surface area (Å²) in [6, 6.07) is 8.93. The van der Waals surface area contributed by atoms with Crippen molar-refractivity contribution in [3.05, 3.63) is 58.9 Å². The Morgan fingerprint density at radius 1 is 1.23 bits per heavy atom. The summed E-state index contributed by atoms with van der Waals surface area (Å²) in [5, 5.41) is 7.94. The van der Waals surface area contributed by atoms with Gasteiger partial charge in [0.25, 0.3) is 5.91 Å². The topological polar surface area (TPSA) is 87.3 Å². The molecular weight excluding hydrogens is 337 g/mol. The summed E-state index contributed by atoms with van der Waals surface area (Å²) in [7, 11) is 1.53. The van der Waals surface area contributed by atoms with Crippen LogP contribution in [-0.4, -0.2) is 24.8 Å². The molecule has 3 N–H and O–H groups in total. The standard InChI is InChI=1S/C19H18FN3O3/c1-10-12(18(25)21-2)4-3-5-15(10)23-19(26)14-9-17(24)22-16-7-6-11(20)8-13(14)16/h3-8,14H,9H2,1-2H3,(H,21,25)(H,22,24)(H,23,26). The second-order valence-corrected chi connectivity index (χ2v) is 6.08. The summed E-state index contributed by atoms with van der Waals surface area (Å²) in [6.45, 7) is 1.72. The summed E-state index contributed by atoms with van der Waals surface area (Å²) in [6.07, 6.45) is -0.0729. The van der Waals surface area contributed by atoms with Crippen molar-refractivity contribution >= 4 is 29.1 Å². The van der Waals surface area contributed by atoms with Crippen LogP contribution in [-0.2, 0) is 9.59 Å². The molecule has 0 aromatic heterocycles. The van der Waals surface area contributed by atoms with Crippen molar-refractivity contribution in [2.45, 2.75) is 19.3 Å². The van der Waals surface area contributed by atoms with Crippen LogP contribution in [0.4, 0.5) is 15.8 Å². The van der Waals surface area contributed by atoms with Gasteiger partial charge in [-0.1, -0.05) is 6.07 Å². The SMILES string of the molecule is CNC(=O)c1cccc(NC(=O)C2CC(=O)Nc3ccc(F)cc32)c1C. The zero-order valence-corrected chi connectivity index (χ0v) is 14.4. The summed E-state index contributed by atoms with van der Waals surface area (Å²) in [4.78, 5) is 36.6. The molecule has 3 amide bonds. The van der Waals surface area contributed by atoms with Crippen molar-refractivity contribution in [1.29, 1.82) is 0 Å². The number of benzene rings is 2. The lowest BCUT2D eigenvalue weighted by Gasteiger charge is -2.25. The number of carbonyl (C=O) groups excluding carboxylic acids is 3. The molecule has 26 heavy (non-hydrogen) atoms. The Morgan fingerprint density at radius 2 is 2.00 bits per heavy atom. The summed E-state index contributed by atoms with van der Waals surface area (Å²) in [5.41, 5.74) is 2.39. The molecule has 2 aromatic rings. The van der Waals surface area contributed by atoms with Gasteiger partial charge in [0.1, 0.15) is 5.82 Å². The van der Waals surface area contributed by atoms with Crippen molar-refractivity contribution in [1.82, 2.24) is 5.32 Å². The first-order valence-corrected chi connectivity index (χ1v) is 8.12. The second-order valence-electron chi connectivity index (χ2n) is 6.08. The van der Waals surface area contributed by atoms with Gasteiger partial charge in [0, 0.05) is 30.4 Å². The van der Waals surface area contributed by atoms with Gasteiger partial charge in [0.15, 0.2) is 0 Å². The van der Waals surface area contributed by atoms with E-state index in [-0.39, 0.29) is 18.2 Å². The van der Waals surface area contributed by atoms with E-state index in [9.17, 15) is 18.8 Å². The van der Waals surface area contributed by atoms with Gasteiger partial charge in [-0.2, -0.15) is 0 Å². The monoisotopic (exact) mass is 355 g/mol. The Labute approximate surface area is 149 Å². The lowest BCUT2D eigenvalue weighted by Crippen LogP contribution is -2.31. The van der Waals surface area contributed by atoms with Crippen LogP contribution < -0.4 is 16.0 Å². The summed E-state index contributed by atoms with van der Waals surface area (Å²) < 4.78 is 13.6. The van der Waals surface area contributed by atoms with E-state index in [1.807, 2.05) is 0 Å². The Hall–Kier alpha value is -3.22. The van der Waals surface area contributed by atoms with Gasteiger partial charge < -0.3 is 16.0 Å². The first kappa shape index (κ1) is 17.6. The molecule has 1 unspecified atom stereocenters. The Kier molecular flexibility index (Phi) is 4.71. The van der Waals surface area contributed by atoms with Crippen molar-refractivity contribution in [3.63, 3.8) is 0 Å². The Bertz CT molecular complexity index is 911. The molecule has 0 aliphatic carbocycles. The predicted molar refractivity (Wildman–Crippen MR) is 95.6 cm³/mol. The molecule has 2 aromatic carbocycles. The molecule has 0 fully saturated rings. The lowest BCUT2D eigenvalue weighted by atomic mass is 9.89. The molecule has 1 heterocycles. The van der Waals surface area contributed by atoms with Crippen molar-refractivity contribution < 1.29 is 18.8 Å². The van der Waals surface area contributed by atoms with E-state index in [4.69, 9.17) is 0 Å². The largest absolute Gasteiger partial charge is 0.355 e. The van der Waals surface area contributed by atoms with Crippen LogP contribution in [0.25, 0.3) is 0 Å². The molecule has 134 valence electrons. The molecule has 0 bridgehead atoms. The van der Waals surface area contributed by atoms with Crippen molar-refractivity contribution in [2.75, 3.05) is 17.7 Å². The molecule has 0 radical (unpaired) electrons.